The number of aliphatic imine (C=N–C) groups is 1. The normalized spacial score (nSPS) is 13.0. The molecule has 0 aromatic heterocycles. The fourth-order valence-electron chi connectivity index (χ4n) is 1.74. The van der Waals surface area contributed by atoms with Crippen molar-refractivity contribution in [2.75, 3.05) is 6.54 Å². The third-order valence-corrected chi connectivity index (χ3v) is 2.90. The minimum Gasteiger partial charge on any atom is -0.370 e. The summed E-state index contributed by atoms with van der Waals surface area (Å²) in [5.74, 6) is 0.371. The molecular weight excluding hydrogens is 314 g/mol. The Bertz CT molecular complexity index is 679. The van der Waals surface area contributed by atoms with E-state index >= 15 is 0 Å². The summed E-state index contributed by atoms with van der Waals surface area (Å²) < 4.78 is 0. The van der Waals surface area contributed by atoms with E-state index in [1.807, 2.05) is 62.4 Å². The van der Waals surface area contributed by atoms with Gasteiger partial charge in [-0.1, -0.05) is 48.6 Å². The van der Waals surface area contributed by atoms with Gasteiger partial charge in [0.25, 0.3) is 0 Å². The lowest BCUT2D eigenvalue weighted by atomic mass is 10.2. The Morgan fingerprint density at radius 2 is 1.92 bits per heavy atom. The first kappa shape index (κ1) is 19.8. The highest BCUT2D eigenvalue weighted by Gasteiger charge is 1.97. The number of hydrogen-bond donors (Lipinski definition) is 3. The van der Waals surface area contributed by atoms with Crippen molar-refractivity contribution in [3.8, 4) is 0 Å². The van der Waals surface area contributed by atoms with Crippen molar-refractivity contribution in [3.63, 3.8) is 0 Å². The fourth-order valence-corrected chi connectivity index (χ4v) is 1.74. The molecule has 0 spiro atoms. The summed E-state index contributed by atoms with van der Waals surface area (Å²) in [5, 5.41) is 12.2. The number of amidine groups is 1. The lowest BCUT2D eigenvalue weighted by molar-refractivity contribution is 0.755. The van der Waals surface area contributed by atoms with Gasteiger partial charge in [-0.05, 0) is 25.0 Å². The molecule has 0 radical (unpaired) electrons. The van der Waals surface area contributed by atoms with Gasteiger partial charge in [-0.25, -0.2) is 0 Å². The fraction of sp³-hybridized carbons (Fsp3) is 0.222. The molecule has 0 saturated carbocycles. The predicted octanol–water partition coefficient (Wildman–Crippen LogP) is 2.18. The summed E-state index contributed by atoms with van der Waals surface area (Å²) in [7, 11) is 0. The van der Waals surface area contributed by atoms with E-state index in [1.54, 1.807) is 12.4 Å². The highest BCUT2D eigenvalue weighted by atomic mass is 15.3. The summed E-state index contributed by atoms with van der Waals surface area (Å²) in [6, 6.07) is 9.65. The molecule has 1 rings (SSSR count). The average Bonchev–Trinajstić information content (AvgIpc) is 2.60. The molecule has 1 aromatic carbocycles. The van der Waals surface area contributed by atoms with Crippen LogP contribution in [-0.2, 0) is 0 Å². The molecule has 25 heavy (non-hydrogen) atoms. The second-order valence-electron chi connectivity index (χ2n) is 4.91. The van der Waals surface area contributed by atoms with Gasteiger partial charge in [0.05, 0.1) is 12.4 Å². The Hall–Kier alpha value is -3.22. The molecule has 7 nitrogen and oxygen atoms in total. The van der Waals surface area contributed by atoms with Crippen molar-refractivity contribution >= 4 is 24.2 Å². The minimum atomic E-state index is -0.0542. The zero-order chi connectivity index (χ0) is 18.3. The summed E-state index contributed by atoms with van der Waals surface area (Å²) in [4.78, 5) is 3.98. The number of nitrogens with zero attached hydrogens (tertiary/aromatic N) is 4. The smallest absolute Gasteiger partial charge is 0.192 e. The van der Waals surface area contributed by atoms with Crippen molar-refractivity contribution in [3.05, 3.63) is 59.7 Å². The molecule has 5 N–H and O–H groups in total. The molecule has 0 bridgehead atoms. The molecule has 0 aliphatic carbocycles. The molecular formula is C18H25N7. The zero-order valence-corrected chi connectivity index (χ0v) is 14.6. The summed E-state index contributed by atoms with van der Waals surface area (Å²) in [6.07, 6.45) is 9.76. The van der Waals surface area contributed by atoms with Crippen molar-refractivity contribution in [1.82, 2.24) is 5.43 Å². The Morgan fingerprint density at radius 1 is 1.16 bits per heavy atom. The summed E-state index contributed by atoms with van der Waals surface area (Å²) in [5.41, 5.74) is 15.7. The highest BCUT2D eigenvalue weighted by Crippen LogP contribution is 1.96. The minimum absolute atomic E-state index is 0.0542. The van der Waals surface area contributed by atoms with Gasteiger partial charge in [0.1, 0.15) is 0 Å². The lowest BCUT2D eigenvalue weighted by Gasteiger charge is -2.01. The predicted molar refractivity (Wildman–Crippen MR) is 107 cm³/mol. The van der Waals surface area contributed by atoms with Crippen LogP contribution in [0.2, 0.25) is 0 Å². The largest absolute Gasteiger partial charge is 0.370 e. The SMILES string of the molecule is C\C=C/C(/C=N/NCCC(N=C(N)N)=N/N=C/c1ccccc1)=C\C. The van der Waals surface area contributed by atoms with Gasteiger partial charge in [0.2, 0.25) is 0 Å². The molecule has 0 fully saturated rings. The first-order valence-electron chi connectivity index (χ1n) is 7.95. The molecule has 0 aliphatic heterocycles. The van der Waals surface area contributed by atoms with E-state index in [0.29, 0.717) is 18.8 Å². The number of hydrazone groups is 1. The van der Waals surface area contributed by atoms with Crippen LogP contribution in [-0.4, -0.2) is 30.8 Å². The van der Waals surface area contributed by atoms with Crippen LogP contribution in [0.15, 0.2) is 74.4 Å². The molecule has 0 aliphatic rings. The van der Waals surface area contributed by atoms with Crippen LogP contribution in [0.5, 0.6) is 0 Å². The van der Waals surface area contributed by atoms with Crippen LogP contribution in [0.1, 0.15) is 25.8 Å². The number of guanidine groups is 1. The van der Waals surface area contributed by atoms with E-state index in [4.69, 9.17) is 11.5 Å². The van der Waals surface area contributed by atoms with Crippen molar-refractivity contribution in [2.45, 2.75) is 20.3 Å². The highest BCUT2D eigenvalue weighted by molar-refractivity contribution is 5.95. The van der Waals surface area contributed by atoms with Gasteiger partial charge < -0.3 is 16.9 Å². The standard InChI is InChI=1S/C18H25N7/c1-3-8-15(4-2)13-22-21-12-11-17(24-18(19)20)25-23-14-16-9-6-5-7-10-16/h3-10,13-14,21H,11-12H2,1-2H3,(H4,19,20,24,25)/b8-3-,15-4+,22-13+,23-14+. The number of benzene rings is 1. The maximum Gasteiger partial charge on any atom is 0.192 e. The Kier molecular flexibility index (Phi) is 9.70. The van der Waals surface area contributed by atoms with E-state index in [-0.39, 0.29) is 5.96 Å². The van der Waals surface area contributed by atoms with Crippen LogP contribution in [0.3, 0.4) is 0 Å². The van der Waals surface area contributed by atoms with E-state index in [0.717, 1.165) is 11.1 Å². The van der Waals surface area contributed by atoms with E-state index < -0.39 is 0 Å². The molecule has 0 amide bonds. The maximum atomic E-state index is 5.43. The summed E-state index contributed by atoms with van der Waals surface area (Å²) in [6.45, 7) is 4.44. The maximum absolute atomic E-state index is 5.43. The monoisotopic (exact) mass is 339 g/mol. The Labute approximate surface area is 148 Å². The third-order valence-electron chi connectivity index (χ3n) is 2.90. The van der Waals surface area contributed by atoms with Gasteiger partial charge in [-0.3, -0.25) is 0 Å². The number of allylic oxidation sites excluding steroid dienone is 4. The van der Waals surface area contributed by atoms with Gasteiger partial charge in [-0.15, -0.1) is 5.10 Å². The zero-order valence-electron chi connectivity index (χ0n) is 14.6. The van der Waals surface area contributed by atoms with Crippen molar-refractivity contribution in [2.24, 2.45) is 31.8 Å². The van der Waals surface area contributed by atoms with Gasteiger partial charge >= 0.3 is 0 Å². The second kappa shape index (κ2) is 12.2. The van der Waals surface area contributed by atoms with E-state index in [2.05, 4.69) is 25.7 Å². The van der Waals surface area contributed by atoms with Crippen LogP contribution in [0, 0.1) is 0 Å². The Morgan fingerprint density at radius 3 is 2.56 bits per heavy atom. The number of nitrogens with one attached hydrogen (secondary N) is 1. The molecule has 1 aromatic rings. The van der Waals surface area contributed by atoms with Gasteiger partial charge in [-0.2, -0.15) is 15.2 Å². The number of nitrogens with two attached hydrogens (primary N) is 2. The molecule has 0 heterocycles. The molecule has 132 valence electrons. The van der Waals surface area contributed by atoms with Gasteiger partial charge in [0, 0.05) is 13.0 Å². The summed E-state index contributed by atoms with van der Waals surface area (Å²) >= 11 is 0. The van der Waals surface area contributed by atoms with E-state index in [9.17, 15) is 0 Å². The molecule has 7 heteroatoms. The lowest BCUT2D eigenvalue weighted by Crippen LogP contribution is -2.25. The molecule has 0 saturated heterocycles. The molecule has 0 unspecified atom stereocenters. The topological polar surface area (TPSA) is 114 Å². The quantitative estimate of drug-likeness (QED) is 0.222. The van der Waals surface area contributed by atoms with Crippen LogP contribution >= 0.6 is 0 Å². The molecule has 0 atom stereocenters. The first-order valence-corrected chi connectivity index (χ1v) is 7.95. The van der Waals surface area contributed by atoms with Crippen LogP contribution < -0.4 is 16.9 Å². The van der Waals surface area contributed by atoms with Crippen LogP contribution in [0.4, 0.5) is 0 Å². The van der Waals surface area contributed by atoms with Crippen LogP contribution in [0.25, 0.3) is 0 Å². The number of hydrogen-bond acceptors (Lipinski definition) is 4. The first-order chi connectivity index (χ1) is 12.2. The third kappa shape index (κ3) is 9.50. The van der Waals surface area contributed by atoms with Gasteiger partial charge in [0.15, 0.2) is 11.8 Å². The Balaban J connectivity index is 2.59. The van der Waals surface area contributed by atoms with Crippen molar-refractivity contribution < 1.29 is 0 Å². The van der Waals surface area contributed by atoms with E-state index in [1.165, 1.54) is 0 Å². The number of rotatable bonds is 8. The average molecular weight is 339 g/mol. The second-order valence-corrected chi connectivity index (χ2v) is 4.91. The van der Waals surface area contributed by atoms with Crippen molar-refractivity contribution in [1.29, 1.82) is 0 Å².